The first kappa shape index (κ1) is 15.7. The third-order valence-corrected chi connectivity index (χ3v) is 5.27. The lowest BCUT2D eigenvalue weighted by molar-refractivity contribution is 0.0690. The van der Waals surface area contributed by atoms with Crippen molar-refractivity contribution in [3.05, 3.63) is 59.2 Å². The van der Waals surface area contributed by atoms with Crippen molar-refractivity contribution in [3.63, 3.8) is 0 Å². The molecule has 1 saturated carbocycles. The number of aromatic carboxylic acids is 1. The normalized spacial score (nSPS) is 17.7. The Labute approximate surface area is 144 Å². The number of hydrogen-bond acceptors (Lipinski definition) is 3. The molecule has 6 heteroatoms. The molecule has 5 nitrogen and oxygen atoms in total. The first-order chi connectivity index (χ1) is 12.0. The number of carbonyl (C=O) groups is 2. The molecule has 128 valence electrons. The van der Waals surface area contributed by atoms with Gasteiger partial charge in [0.2, 0.25) is 0 Å². The Bertz CT molecular complexity index is 875. The lowest BCUT2D eigenvalue weighted by Crippen LogP contribution is -2.36. The highest BCUT2D eigenvalue weighted by Crippen LogP contribution is 2.51. The van der Waals surface area contributed by atoms with Crippen LogP contribution in [0, 0.1) is 5.82 Å². The van der Waals surface area contributed by atoms with E-state index in [1.54, 1.807) is 17.0 Å². The maximum Gasteiger partial charge on any atom is 0.354 e. The van der Waals surface area contributed by atoms with Gasteiger partial charge in [-0.3, -0.25) is 4.79 Å². The summed E-state index contributed by atoms with van der Waals surface area (Å²) in [7, 11) is 0. The number of halogens is 1. The highest BCUT2D eigenvalue weighted by Gasteiger charge is 2.48. The van der Waals surface area contributed by atoms with Gasteiger partial charge in [-0.25, -0.2) is 14.2 Å². The van der Waals surface area contributed by atoms with E-state index >= 15 is 0 Å². The zero-order valence-electron chi connectivity index (χ0n) is 13.5. The molecule has 1 spiro atoms. The van der Waals surface area contributed by atoms with Gasteiger partial charge in [0.1, 0.15) is 17.2 Å². The van der Waals surface area contributed by atoms with Crippen LogP contribution in [0.3, 0.4) is 0 Å². The van der Waals surface area contributed by atoms with Gasteiger partial charge in [0.25, 0.3) is 5.91 Å². The zero-order chi connectivity index (χ0) is 17.6. The minimum absolute atomic E-state index is 0.0603. The van der Waals surface area contributed by atoms with Crippen LogP contribution in [0.4, 0.5) is 10.1 Å². The maximum atomic E-state index is 14.6. The molecule has 0 atom stereocenters. The number of aromatic nitrogens is 1. The van der Waals surface area contributed by atoms with Crippen molar-refractivity contribution in [2.24, 2.45) is 0 Å². The molecule has 1 aliphatic carbocycles. The Morgan fingerprint density at radius 3 is 2.48 bits per heavy atom. The fraction of sp³-hybridized carbons (Fsp3) is 0.316. The lowest BCUT2D eigenvalue weighted by Gasteiger charge is -2.24. The number of pyridine rings is 1. The predicted molar refractivity (Wildman–Crippen MR) is 89.4 cm³/mol. The van der Waals surface area contributed by atoms with E-state index in [1.807, 2.05) is 0 Å². The fourth-order valence-electron chi connectivity index (χ4n) is 4.18. The van der Waals surface area contributed by atoms with Gasteiger partial charge in [0.15, 0.2) is 0 Å². The quantitative estimate of drug-likeness (QED) is 0.910. The van der Waals surface area contributed by atoms with E-state index in [0.717, 1.165) is 25.7 Å². The molecule has 0 unspecified atom stereocenters. The number of benzene rings is 1. The van der Waals surface area contributed by atoms with Crippen molar-refractivity contribution in [1.82, 2.24) is 4.98 Å². The molecule has 2 aliphatic rings. The first-order valence-corrected chi connectivity index (χ1v) is 8.33. The number of hydrogen-bond donors (Lipinski definition) is 1. The Hall–Kier alpha value is -2.76. The molecule has 0 bridgehead atoms. The van der Waals surface area contributed by atoms with Crippen LogP contribution in [0.25, 0.3) is 0 Å². The van der Waals surface area contributed by atoms with Crippen LogP contribution < -0.4 is 4.90 Å². The van der Waals surface area contributed by atoms with E-state index in [2.05, 4.69) is 4.98 Å². The third-order valence-electron chi connectivity index (χ3n) is 5.27. The maximum absolute atomic E-state index is 14.6. The summed E-state index contributed by atoms with van der Waals surface area (Å²) in [4.78, 5) is 29.6. The van der Waals surface area contributed by atoms with Gasteiger partial charge < -0.3 is 10.0 Å². The second-order valence-electron chi connectivity index (χ2n) is 6.73. The van der Waals surface area contributed by atoms with Crippen molar-refractivity contribution in [2.45, 2.75) is 31.1 Å². The number of nitrogens with zero attached hydrogens (tertiary/aromatic N) is 2. The first-order valence-electron chi connectivity index (χ1n) is 8.33. The number of anilines is 1. The van der Waals surface area contributed by atoms with E-state index in [9.17, 15) is 14.0 Å². The smallest absolute Gasteiger partial charge is 0.354 e. The van der Waals surface area contributed by atoms with Crippen LogP contribution in [0.2, 0.25) is 0 Å². The van der Waals surface area contributed by atoms with Gasteiger partial charge >= 0.3 is 5.97 Å². The molecule has 2 heterocycles. The molecule has 25 heavy (non-hydrogen) atoms. The van der Waals surface area contributed by atoms with Crippen LogP contribution >= 0.6 is 0 Å². The average Bonchev–Trinajstić information content (AvgIpc) is 3.21. The van der Waals surface area contributed by atoms with Gasteiger partial charge in [-0.15, -0.1) is 0 Å². The molecule has 1 aromatic carbocycles. The highest BCUT2D eigenvalue weighted by atomic mass is 19.1. The number of carboxylic acid groups (broad SMARTS) is 1. The van der Waals surface area contributed by atoms with Crippen molar-refractivity contribution < 1.29 is 19.1 Å². The zero-order valence-corrected chi connectivity index (χ0v) is 13.5. The molecule has 1 amide bonds. The number of carboxylic acids is 1. The predicted octanol–water partition coefficient (Wildman–Crippen LogP) is 3.39. The number of rotatable bonds is 2. The summed E-state index contributed by atoms with van der Waals surface area (Å²) in [5.41, 5.74) is 0.746. The van der Waals surface area contributed by atoms with Crippen molar-refractivity contribution in [1.29, 1.82) is 0 Å². The summed E-state index contributed by atoms with van der Waals surface area (Å²) in [6.45, 7) is 0.418. The second-order valence-corrected chi connectivity index (χ2v) is 6.73. The van der Waals surface area contributed by atoms with E-state index in [1.165, 1.54) is 24.3 Å². The monoisotopic (exact) mass is 340 g/mol. The van der Waals surface area contributed by atoms with E-state index in [4.69, 9.17) is 5.11 Å². The van der Waals surface area contributed by atoms with Gasteiger partial charge in [-0.05, 0) is 37.1 Å². The topological polar surface area (TPSA) is 70.5 Å². The molecule has 4 rings (SSSR count). The highest BCUT2D eigenvalue weighted by molar-refractivity contribution is 6.07. The summed E-state index contributed by atoms with van der Waals surface area (Å²) in [6.07, 6.45) is 3.74. The summed E-state index contributed by atoms with van der Waals surface area (Å²) < 4.78 is 14.6. The summed E-state index contributed by atoms with van der Waals surface area (Å²) in [5, 5.41) is 9.08. The minimum Gasteiger partial charge on any atom is -0.477 e. The molecular weight excluding hydrogens is 323 g/mol. The van der Waals surface area contributed by atoms with Gasteiger partial charge in [-0.1, -0.05) is 25.0 Å². The molecule has 0 radical (unpaired) electrons. The van der Waals surface area contributed by atoms with Crippen LogP contribution in [-0.4, -0.2) is 28.5 Å². The van der Waals surface area contributed by atoms with Crippen molar-refractivity contribution in [3.8, 4) is 0 Å². The van der Waals surface area contributed by atoms with Gasteiger partial charge in [-0.2, -0.15) is 0 Å². The average molecular weight is 340 g/mol. The minimum atomic E-state index is -1.19. The standard InChI is InChI=1S/C19H17FN2O3/c20-12-5-3-8-15-16(12)19(9-1-2-10-19)11-22(15)17(23)13-6-4-7-14(21-13)18(24)25/h3-8H,1-2,9-11H2,(H,24,25). The number of amides is 1. The SMILES string of the molecule is O=C(O)c1cccc(C(=O)N2CC3(CCCC3)c3c(F)cccc32)n1. The van der Waals surface area contributed by atoms with Crippen LogP contribution in [0.5, 0.6) is 0 Å². The van der Waals surface area contributed by atoms with Gasteiger partial charge in [0, 0.05) is 17.5 Å². The molecular formula is C19H17FN2O3. The molecule has 1 aromatic heterocycles. The number of fused-ring (bicyclic) bond motifs is 2. The Morgan fingerprint density at radius 1 is 1.08 bits per heavy atom. The third kappa shape index (κ3) is 2.40. The lowest BCUT2D eigenvalue weighted by atomic mass is 9.80. The molecule has 1 N–H and O–H groups in total. The van der Waals surface area contributed by atoms with Crippen molar-refractivity contribution in [2.75, 3.05) is 11.4 Å². The van der Waals surface area contributed by atoms with E-state index in [0.29, 0.717) is 17.8 Å². The Balaban J connectivity index is 1.77. The fourth-order valence-corrected chi connectivity index (χ4v) is 4.18. The van der Waals surface area contributed by atoms with Crippen LogP contribution in [0.15, 0.2) is 36.4 Å². The van der Waals surface area contributed by atoms with E-state index in [-0.39, 0.29) is 22.6 Å². The van der Waals surface area contributed by atoms with E-state index < -0.39 is 11.9 Å². The Morgan fingerprint density at radius 2 is 1.76 bits per heavy atom. The second kappa shape index (κ2) is 5.65. The summed E-state index contributed by atoms with van der Waals surface area (Å²) in [5.74, 6) is -1.85. The molecule has 2 aromatic rings. The summed E-state index contributed by atoms with van der Waals surface area (Å²) in [6, 6.07) is 9.13. The van der Waals surface area contributed by atoms with Crippen LogP contribution in [-0.2, 0) is 5.41 Å². The Kier molecular flexibility index (Phi) is 3.56. The van der Waals surface area contributed by atoms with Crippen molar-refractivity contribution >= 4 is 17.6 Å². The molecule has 1 fully saturated rings. The molecule has 0 saturated heterocycles. The summed E-state index contributed by atoms with van der Waals surface area (Å²) >= 11 is 0. The van der Waals surface area contributed by atoms with Gasteiger partial charge in [0.05, 0.1) is 5.69 Å². The largest absolute Gasteiger partial charge is 0.477 e. The molecule has 1 aliphatic heterocycles. The van der Waals surface area contributed by atoms with Crippen LogP contribution in [0.1, 0.15) is 52.2 Å². The number of carbonyl (C=O) groups excluding carboxylic acids is 1.